The van der Waals surface area contributed by atoms with Crippen LogP contribution in [0.3, 0.4) is 0 Å². The standard InChI is InChI=1S/C29H56N2/c1-20(2)21-16-22(27(3,4)5)19-31(18-21)15-14-29(9,10)24-17-23(28(6,7)8)25-12-13-26(24)30(25)11/h20-26H,12-19H2,1-11H3/t21?,22?,23-,24?,25?,26?/m1/s1. The molecule has 0 aromatic rings. The minimum absolute atomic E-state index is 0.416. The lowest BCUT2D eigenvalue weighted by atomic mass is 9.62. The summed E-state index contributed by atoms with van der Waals surface area (Å²) < 4.78 is 0. The average Bonchev–Trinajstić information content (AvgIpc) is 2.87. The van der Waals surface area contributed by atoms with Crippen LogP contribution >= 0.6 is 0 Å². The number of likely N-dealkylation sites (tertiary alicyclic amines) is 1. The van der Waals surface area contributed by atoms with Gasteiger partial charge in [0.1, 0.15) is 0 Å². The second-order valence-electron chi connectivity index (χ2n) is 15.0. The maximum absolute atomic E-state index is 2.86. The zero-order valence-corrected chi connectivity index (χ0v) is 23.1. The van der Waals surface area contributed by atoms with Gasteiger partial charge in [-0.2, -0.15) is 0 Å². The number of nitrogens with zero attached hydrogens (tertiary/aromatic N) is 2. The van der Waals surface area contributed by atoms with Crippen LogP contribution in [0, 0.1) is 45.8 Å². The van der Waals surface area contributed by atoms with E-state index in [1.54, 1.807) is 0 Å². The van der Waals surface area contributed by atoms with E-state index in [9.17, 15) is 0 Å². The molecule has 3 aliphatic rings. The van der Waals surface area contributed by atoms with Gasteiger partial charge in [-0.1, -0.05) is 69.2 Å². The van der Waals surface area contributed by atoms with Gasteiger partial charge >= 0.3 is 0 Å². The molecule has 2 heteroatoms. The molecule has 6 atom stereocenters. The Balaban J connectivity index is 1.70. The molecular weight excluding hydrogens is 376 g/mol. The van der Waals surface area contributed by atoms with E-state index < -0.39 is 0 Å². The zero-order chi connectivity index (χ0) is 23.4. The van der Waals surface area contributed by atoms with Crippen molar-refractivity contribution >= 4 is 0 Å². The van der Waals surface area contributed by atoms with E-state index in [0.29, 0.717) is 16.2 Å². The molecule has 0 saturated carbocycles. The summed E-state index contributed by atoms with van der Waals surface area (Å²) in [6.07, 6.45) is 7.06. The molecule has 0 N–H and O–H groups in total. The molecule has 2 bridgehead atoms. The molecule has 0 aromatic heterocycles. The highest BCUT2D eigenvalue weighted by atomic mass is 15.2. The highest BCUT2D eigenvalue weighted by Crippen LogP contribution is 2.53. The van der Waals surface area contributed by atoms with Crippen molar-refractivity contribution in [2.24, 2.45) is 45.8 Å². The summed E-state index contributed by atoms with van der Waals surface area (Å²) >= 11 is 0. The Morgan fingerprint density at radius 3 is 1.87 bits per heavy atom. The number of hydrogen-bond donors (Lipinski definition) is 0. The molecule has 31 heavy (non-hydrogen) atoms. The molecule has 0 aromatic carbocycles. The number of piperidine rings is 2. The molecule has 0 spiro atoms. The van der Waals surface area contributed by atoms with Gasteiger partial charge < -0.3 is 4.90 Å². The highest BCUT2D eigenvalue weighted by molar-refractivity contribution is 5.05. The van der Waals surface area contributed by atoms with Gasteiger partial charge in [0.2, 0.25) is 0 Å². The first-order valence-corrected chi connectivity index (χ1v) is 13.6. The third kappa shape index (κ3) is 5.53. The van der Waals surface area contributed by atoms with Gasteiger partial charge in [-0.3, -0.25) is 4.90 Å². The van der Waals surface area contributed by atoms with Gasteiger partial charge in [0.05, 0.1) is 0 Å². The summed E-state index contributed by atoms with van der Waals surface area (Å²) in [7, 11) is 2.44. The average molecular weight is 433 g/mol. The van der Waals surface area contributed by atoms with Crippen molar-refractivity contribution in [1.82, 2.24) is 9.80 Å². The minimum atomic E-state index is 0.416. The van der Waals surface area contributed by atoms with Crippen molar-refractivity contribution in [3.05, 3.63) is 0 Å². The lowest BCUT2D eigenvalue weighted by molar-refractivity contribution is -0.0356. The quantitative estimate of drug-likeness (QED) is 0.453. The van der Waals surface area contributed by atoms with Crippen molar-refractivity contribution in [3.8, 4) is 0 Å². The van der Waals surface area contributed by atoms with Crippen LogP contribution < -0.4 is 0 Å². The molecule has 3 saturated heterocycles. The third-order valence-electron chi connectivity index (χ3n) is 10.2. The lowest BCUT2D eigenvalue weighted by Gasteiger charge is -2.52. The van der Waals surface area contributed by atoms with E-state index in [1.165, 1.54) is 51.7 Å². The summed E-state index contributed by atoms with van der Waals surface area (Å²) in [5, 5.41) is 0. The summed E-state index contributed by atoms with van der Waals surface area (Å²) in [5.41, 5.74) is 1.26. The topological polar surface area (TPSA) is 6.48 Å². The van der Waals surface area contributed by atoms with E-state index in [-0.39, 0.29) is 0 Å². The van der Waals surface area contributed by atoms with Crippen LogP contribution in [0.15, 0.2) is 0 Å². The van der Waals surface area contributed by atoms with Crippen molar-refractivity contribution in [2.75, 3.05) is 26.7 Å². The van der Waals surface area contributed by atoms with Crippen LogP contribution in [0.25, 0.3) is 0 Å². The SMILES string of the molecule is CC(C)C1CC(C(C)(C)C)CN(CCC(C)(C)C2C[C@@H](C(C)(C)C)C3CCC2N3C)C1. The third-order valence-corrected chi connectivity index (χ3v) is 10.2. The molecule has 2 nitrogen and oxygen atoms in total. The minimum Gasteiger partial charge on any atom is -0.303 e. The van der Waals surface area contributed by atoms with E-state index in [2.05, 4.69) is 86.1 Å². The molecular formula is C29H56N2. The van der Waals surface area contributed by atoms with Crippen molar-refractivity contribution in [1.29, 1.82) is 0 Å². The van der Waals surface area contributed by atoms with Gasteiger partial charge in [0, 0.05) is 25.2 Å². The van der Waals surface area contributed by atoms with Crippen LogP contribution in [0.1, 0.15) is 101 Å². The maximum Gasteiger partial charge on any atom is 0.0129 e. The Bertz CT molecular complexity index is 593. The molecule has 0 radical (unpaired) electrons. The van der Waals surface area contributed by atoms with Crippen molar-refractivity contribution < 1.29 is 0 Å². The Morgan fingerprint density at radius 2 is 1.35 bits per heavy atom. The van der Waals surface area contributed by atoms with Gasteiger partial charge in [0.15, 0.2) is 0 Å². The smallest absolute Gasteiger partial charge is 0.0129 e. The Kier molecular flexibility index (Phi) is 7.36. The van der Waals surface area contributed by atoms with Gasteiger partial charge in [-0.05, 0) is 91.5 Å². The molecule has 0 aliphatic carbocycles. The zero-order valence-electron chi connectivity index (χ0n) is 23.1. The van der Waals surface area contributed by atoms with E-state index in [1.807, 2.05) is 0 Å². The van der Waals surface area contributed by atoms with Crippen LogP contribution in [-0.2, 0) is 0 Å². The highest BCUT2D eigenvalue weighted by Gasteiger charge is 2.52. The van der Waals surface area contributed by atoms with Crippen molar-refractivity contribution in [2.45, 2.75) is 113 Å². The fraction of sp³-hybridized carbons (Fsp3) is 1.00. The summed E-state index contributed by atoms with van der Waals surface area (Å²) in [5.74, 6) is 4.17. The normalized spacial score (nSPS) is 36.4. The predicted molar refractivity (Wildman–Crippen MR) is 136 cm³/mol. The van der Waals surface area contributed by atoms with E-state index in [4.69, 9.17) is 0 Å². The summed E-state index contributed by atoms with van der Waals surface area (Å²) in [6, 6.07) is 1.63. The first kappa shape index (κ1) is 25.5. The van der Waals surface area contributed by atoms with Crippen LogP contribution in [-0.4, -0.2) is 48.6 Å². The number of hydrogen-bond acceptors (Lipinski definition) is 2. The number of rotatable bonds is 5. The summed E-state index contributed by atoms with van der Waals surface area (Å²) in [4.78, 5) is 5.66. The first-order valence-electron chi connectivity index (χ1n) is 13.6. The monoisotopic (exact) mass is 432 g/mol. The molecule has 182 valence electrons. The molecule has 5 unspecified atom stereocenters. The molecule has 3 fully saturated rings. The van der Waals surface area contributed by atoms with E-state index >= 15 is 0 Å². The van der Waals surface area contributed by atoms with Crippen molar-refractivity contribution in [3.63, 3.8) is 0 Å². The van der Waals surface area contributed by atoms with Gasteiger partial charge in [-0.25, -0.2) is 0 Å². The van der Waals surface area contributed by atoms with E-state index in [0.717, 1.165) is 41.7 Å². The largest absolute Gasteiger partial charge is 0.303 e. The molecule has 3 rings (SSSR count). The maximum atomic E-state index is 2.86. The Hall–Kier alpha value is -0.0800. The fourth-order valence-electron chi connectivity index (χ4n) is 7.48. The molecule has 3 heterocycles. The number of fused-ring (bicyclic) bond motifs is 2. The predicted octanol–water partition coefficient (Wildman–Crippen LogP) is 7.19. The Morgan fingerprint density at radius 1 is 0.774 bits per heavy atom. The van der Waals surface area contributed by atoms with Crippen LogP contribution in [0.2, 0.25) is 0 Å². The van der Waals surface area contributed by atoms with Crippen LogP contribution in [0.4, 0.5) is 0 Å². The van der Waals surface area contributed by atoms with Gasteiger partial charge in [-0.15, -0.1) is 0 Å². The first-order chi connectivity index (χ1) is 14.1. The molecule has 3 aliphatic heterocycles. The van der Waals surface area contributed by atoms with Crippen LogP contribution in [0.5, 0.6) is 0 Å². The summed E-state index contributed by atoms with van der Waals surface area (Å²) in [6.45, 7) is 28.9. The molecule has 0 amide bonds. The van der Waals surface area contributed by atoms with Gasteiger partial charge in [0.25, 0.3) is 0 Å². The lowest BCUT2D eigenvalue weighted by Crippen LogP contribution is -2.54. The fourth-order valence-corrected chi connectivity index (χ4v) is 7.48. The Labute approximate surface area is 195 Å². The second-order valence-corrected chi connectivity index (χ2v) is 15.0. The second kappa shape index (κ2) is 8.94.